The first-order valence-electron chi connectivity index (χ1n) is 11.5. The minimum atomic E-state index is -0.666. The van der Waals surface area contributed by atoms with Crippen LogP contribution in [0.5, 0.6) is 0 Å². The van der Waals surface area contributed by atoms with Crippen molar-refractivity contribution < 1.29 is 19.2 Å². The molecule has 2 aliphatic heterocycles. The first-order valence-corrected chi connectivity index (χ1v) is 11.5. The Kier molecular flexibility index (Phi) is 5.58. The summed E-state index contributed by atoms with van der Waals surface area (Å²) >= 11 is 0. The van der Waals surface area contributed by atoms with E-state index >= 15 is 0 Å². The van der Waals surface area contributed by atoms with Gasteiger partial charge in [0.2, 0.25) is 17.7 Å². The second-order valence-corrected chi connectivity index (χ2v) is 9.15. The molecule has 9 nitrogen and oxygen atoms in total. The van der Waals surface area contributed by atoms with Gasteiger partial charge < -0.3 is 20.4 Å². The Balaban J connectivity index is 1.12. The summed E-state index contributed by atoms with van der Waals surface area (Å²) in [6.45, 7) is 2.61. The Labute approximate surface area is 187 Å². The predicted molar refractivity (Wildman–Crippen MR) is 116 cm³/mol. The number of carbonyl (C=O) groups is 4. The van der Waals surface area contributed by atoms with Crippen molar-refractivity contribution in [3.63, 3.8) is 0 Å². The van der Waals surface area contributed by atoms with Crippen LogP contribution < -0.4 is 10.6 Å². The summed E-state index contributed by atoms with van der Waals surface area (Å²) in [4.78, 5) is 55.9. The molecule has 2 aliphatic carbocycles. The zero-order chi connectivity index (χ0) is 22.2. The van der Waals surface area contributed by atoms with Crippen molar-refractivity contribution in [1.29, 1.82) is 0 Å². The van der Waals surface area contributed by atoms with Gasteiger partial charge in [-0.05, 0) is 37.3 Å². The zero-order valence-electron chi connectivity index (χ0n) is 18.1. The van der Waals surface area contributed by atoms with Gasteiger partial charge in [0.1, 0.15) is 6.04 Å². The highest BCUT2D eigenvalue weighted by Crippen LogP contribution is 2.41. The molecular weight excluding hydrogens is 410 g/mol. The number of carbonyl (C=O) groups excluding carboxylic acids is 4. The van der Waals surface area contributed by atoms with E-state index in [1.165, 1.54) is 0 Å². The largest absolute Gasteiger partial charge is 0.352 e. The average molecular weight is 440 g/mol. The number of hydrogen-bond donors (Lipinski definition) is 2. The van der Waals surface area contributed by atoms with Crippen LogP contribution in [0, 0.1) is 0 Å². The van der Waals surface area contributed by atoms with Gasteiger partial charge in [0.25, 0.3) is 5.91 Å². The molecule has 1 aromatic rings. The second-order valence-electron chi connectivity index (χ2n) is 9.15. The van der Waals surface area contributed by atoms with E-state index < -0.39 is 6.04 Å². The Hall–Kier alpha value is -2.94. The summed E-state index contributed by atoms with van der Waals surface area (Å²) in [6.07, 6.45) is 3.95. The lowest BCUT2D eigenvalue weighted by atomic mass is 10.0. The molecule has 4 aliphatic rings. The lowest BCUT2D eigenvalue weighted by molar-refractivity contribution is -0.135. The fraction of sp³-hybridized carbons (Fsp3) is 0.565. The Morgan fingerprint density at radius 1 is 0.969 bits per heavy atom. The van der Waals surface area contributed by atoms with Crippen LogP contribution in [-0.2, 0) is 14.4 Å². The minimum absolute atomic E-state index is 0.0474. The van der Waals surface area contributed by atoms with Crippen LogP contribution in [-0.4, -0.2) is 89.7 Å². The highest BCUT2D eigenvalue weighted by molar-refractivity contribution is 6.05. The van der Waals surface area contributed by atoms with E-state index in [-0.39, 0.29) is 36.2 Å². The third-order valence-corrected chi connectivity index (χ3v) is 6.64. The van der Waals surface area contributed by atoms with Crippen molar-refractivity contribution in [1.82, 2.24) is 25.3 Å². The van der Waals surface area contributed by atoms with Crippen molar-refractivity contribution in [3.8, 4) is 0 Å². The Bertz CT molecular complexity index is 934. The van der Waals surface area contributed by atoms with Gasteiger partial charge in [-0.1, -0.05) is 18.2 Å². The van der Waals surface area contributed by atoms with E-state index in [2.05, 4.69) is 15.5 Å². The first kappa shape index (κ1) is 20.9. The molecule has 1 saturated heterocycles. The van der Waals surface area contributed by atoms with E-state index in [9.17, 15) is 19.2 Å². The molecule has 0 aromatic heterocycles. The molecule has 5 rings (SSSR count). The summed E-state index contributed by atoms with van der Waals surface area (Å²) in [6, 6.07) is 7.01. The van der Waals surface area contributed by atoms with E-state index in [1.54, 1.807) is 21.9 Å². The Morgan fingerprint density at radius 3 is 2.38 bits per heavy atom. The van der Waals surface area contributed by atoms with Crippen molar-refractivity contribution >= 4 is 23.6 Å². The van der Waals surface area contributed by atoms with Gasteiger partial charge in [0.05, 0.1) is 13.1 Å². The van der Waals surface area contributed by atoms with Gasteiger partial charge in [-0.2, -0.15) is 0 Å². The highest BCUT2D eigenvalue weighted by Gasteiger charge is 2.47. The maximum absolute atomic E-state index is 13.0. The summed E-state index contributed by atoms with van der Waals surface area (Å²) in [5.74, 6) is -0.502. The number of nitrogens with one attached hydrogen (secondary N) is 2. The Morgan fingerprint density at radius 2 is 1.69 bits per heavy atom. The van der Waals surface area contributed by atoms with E-state index in [0.717, 1.165) is 25.7 Å². The number of fused-ring (bicyclic) bond motifs is 1. The molecule has 0 radical (unpaired) electrons. The molecule has 170 valence electrons. The monoisotopic (exact) mass is 439 g/mol. The molecule has 0 unspecified atom stereocenters. The summed E-state index contributed by atoms with van der Waals surface area (Å²) in [5, 5.41) is 5.75. The van der Waals surface area contributed by atoms with Crippen molar-refractivity contribution in [2.24, 2.45) is 0 Å². The van der Waals surface area contributed by atoms with Crippen LogP contribution in [0.15, 0.2) is 24.3 Å². The van der Waals surface area contributed by atoms with Gasteiger partial charge in [0, 0.05) is 43.8 Å². The molecule has 2 saturated carbocycles. The van der Waals surface area contributed by atoms with Gasteiger partial charge in [-0.25, -0.2) is 0 Å². The van der Waals surface area contributed by atoms with Crippen molar-refractivity contribution in [2.45, 2.75) is 43.8 Å². The molecule has 1 aromatic carbocycles. The molecule has 2 N–H and O–H groups in total. The normalized spacial score (nSPS) is 23.1. The molecule has 9 heteroatoms. The van der Waals surface area contributed by atoms with Crippen LogP contribution >= 0.6 is 0 Å². The highest BCUT2D eigenvalue weighted by atomic mass is 16.2. The number of benzene rings is 1. The molecule has 0 bridgehead atoms. The van der Waals surface area contributed by atoms with Crippen LogP contribution in [0.1, 0.15) is 47.6 Å². The number of hydrogen-bond acceptors (Lipinski definition) is 5. The molecule has 32 heavy (non-hydrogen) atoms. The summed E-state index contributed by atoms with van der Waals surface area (Å²) in [5.41, 5.74) is 1.29. The quantitative estimate of drug-likeness (QED) is 0.617. The van der Waals surface area contributed by atoms with Crippen LogP contribution in [0.3, 0.4) is 0 Å². The molecule has 3 fully saturated rings. The summed E-state index contributed by atoms with van der Waals surface area (Å²) in [7, 11) is 0. The van der Waals surface area contributed by atoms with Crippen LogP contribution in [0.2, 0.25) is 0 Å². The van der Waals surface area contributed by atoms with E-state index in [4.69, 9.17) is 0 Å². The fourth-order valence-corrected chi connectivity index (χ4v) is 4.56. The lowest BCUT2D eigenvalue weighted by Gasteiger charge is -2.34. The smallest absolute Gasteiger partial charge is 0.255 e. The molecule has 0 spiro atoms. The zero-order valence-corrected chi connectivity index (χ0v) is 18.1. The van der Waals surface area contributed by atoms with Gasteiger partial charge in [-0.3, -0.25) is 24.1 Å². The fourth-order valence-electron chi connectivity index (χ4n) is 4.56. The third-order valence-electron chi connectivity index (χ3n) is 6.64. The number of amides is 4. The van der Waals surface area contributed by atoms with Crippen LogP contribution in [0.4, 0.5) is 0 Å². The third kappa shape index (κ3) is 4.34. The van der Waals surface area contributed by atoms with Crippen molar-refractivity contribution in [3.05, 3.63) is 35.4 Å². The molecular formula is C23H29N5O4. The van der Waals surface area contributed by atoms with Gasteiger partial charge >= 0.3 is 0 Å². The topological polar surface area (TPSA) is 102 Å². The predicted octanol–water partition coefficient (Wildman–Crippen LogP) is -0.115. The van der Waals surface area contributed by atoms with E-state index in [0.29, 0.717) is 49.9 Å². The van der Waals surface area contributed by atoms with E-state index in [1.807, 2.05) is 12.1 Å². The average Bonchev–Trinajstić information content (AvgIpc) is 3.72. The molecule has 1 atom stereocenters. The minimum Gasteiger partial charge on any atom is -0.352 e. The molecule has 2 heterocycles. The second kappa shape index (κ2) is 8.54. The standard InChI is InChI=1S/C23H29N5O4/c29-19(25-15-5-6-15)14-26-9-11-27(12-10-26)20(30)13-24-22(31)21-17-3-1-2-4-18(17)23(32)28(21)16-7-8-16/h1-4,15-16,21H,5-14H2,(H,24,31)(H,25,29)/t21-/m1/s1. The molecule has 4 amide bonds. The number of rotatable bonds is 7. The maximum Gasteiger partial charge on any atom is 0.255 e. The van der Waals surface area contributed by atoms with Crippen molar-refractivity contribution in [2.75, 3.05) is 39.3 Å². The van der Waals surface area contributed by atoms with Gasteiger partial charge in [0.15, 0.2) is 0 Å². The maximum atomic E-state index is 13.0. The first-order chi connectivity index (χ1) is 15.5. The number of piperazine rings is 1. The number of nitrogens with zero attached hydrogens (tertiary/aromatic N) is 3. The van der Waals surface area contributed by atoms with Gasteiger partial charge in [-0.15, -0.1) is 0 Å². The van der Waals surface area contributed by atoms with Crippen LogP contribution in [0.25, 0.3) is 0 Å². The summed E-state index contributed by atoms with van der Waals surface area (Å²) < 4.78 is 0. The lowest BCUT2D eigenvalue weighted by Crippen LogP contribution is -2.53. The SMILES string of the molecule is O=C(CN1CCN(C(=O)CNC(=O)[C@H]2c3ccccc3C(=O)N2C2CC2)CC1)NC1CC1.